The average Bonchev–Trinajstić information content (AvgIpc) is 2.40. The molecule has 1 saturated heterocycles. The minimum atomic E-state index is 0.374. The molecule has 106 valence electrons. The van der Waals surface area contributed by atoms with Gasteiger partial charge in [-0.3, -0.25) is 0 Å². The molecule has 19 heavy (non-hydrogen) atoms. The van der Waals surface area contributed by atoms with Crippen LogP contribution in [0.15, 0.2) is 0 Å². The van der Waals surface area contributed by atoms with Gasteiger partial charge in [0, 0.05) is 18.3 Å². The van der Waals surface area contributed by atoms with Gasteiger partial charge in [-0.15, -0.1) is 0 Å². The number of rotatable bonds is 6. The summed E-state index contributed by atoms with van der Waals surface area (Å²) in [5, 5.41) is 6.47. The van der Waals surface area contributed by atoms with Gasteiger partial charge in [-0.25, -0.2) is 0 Å². The number of aromatic nitrogens is 3. The molecular formula is C12H21N5OS. The van der Waals surface area contributed by atoms with Gasteiger partial charge in [0.25, 0.3) is 0 Å². The van der Waals surface area contributed by atoms with Crippen molar-refractivity contribution in [1.29, 1.82) is 0 Å². The summed E-state index contributed by atoms with van der Waals surface area (Å²) in [6, 6.07) is 0.810. The summed E-state index contributed by atoms with van der Waals surface area (Å²) in [5.74, 6) is 3.52. The summed E-state index contributed by atoms with van der Waals surface area (Å²) in [6.07, 6.45) is 2.41. The van der Waals surface area contributed by atoms with Crippen LogP contribution in [-0.4, -0.2) is 45.7 Å². The van der Waals surface area contributed by atoms with Crippen LogP contribution in [0.25, 0.3) is 0 Å². The quantitative estimate of drug-likeness (QED) is 0.827. The largest absolute Gasteiger partial charge is 0.464 e. The maximum Gasteiger partial charge on any atom is 0.323 e. The second-order valence-electron chi connectivity index (χ2n) is 4.29. The number of ether oxygens (including phenoxy) is 1. The first-order chi connectivity index (χ1) is 9.31. The third-order valence-corrected chi connectivity index (χ3v) is 3.93. The average molecular weight is 283 g/mol. The highest BCUT2D eigenvalue weighted by Crippen LogP contribution is 2.20. The molecule has 0 bridgehead atoms. The van der Waals surface area contributed by atoms with E-state index in [0.29, 0.717) is 30.6 Å². The molecule has 0 amide bonds. The molecule has 0 saturated carbocycles. The lowest BCUT2D eigenvalue weighted by Crippen LogP contribution is -2.27. The topological polar surface area (TPSA) is 72.0 Å². The molecule has 7 heteroatoms. The first-order valence-electron chi connectivity index (χ1n) is 6.78. The number of nitrogens with zero attached hydrogens (tertiary/aromatic N) is 3. The molecule has 2 N–H and O–H groups in total. The number of thioether (sulfide) groups is 1. The monoisotopic (exact) mass is 283 g/mol. The van der Waals surface area contributed by atoms with Crippen molar-refractivity contribution < 1.29 is 4.74 Å². The summed E-state index contributed by atoms with van der Waals surface area (Å²) in [4.78, 5) is 12.9. The zero-order chi connectivity index (χ0) is 13.5. The van der Waals surface area contributed by atoms with Gasteiger partial charge in [-0.2, -0.15) is 26.7 Å². The van der Waals surface area contributed by atoms with Crippen LogP contribution in [0.5, 0.6) is 6.01 Å². The van der Waals surface area contributed by atoms with Crippen LogP contribution < -0.4 is 15.4 Å². The number of hydrogen-bond acceptors (Lipinski definition) is 7. The Morgan fingerprint density at radius 1 is 1.26 bits per heavy atom. The Balaban J connectivity index is 2.08. The van der Waals surface area contributed by atoms with Crippen LogP contribution in [0.2, 0.25) is 0 Å². The molecule has 1 aromatic heterocycles. The van der Waals surface area contributed by atoms with E-state index in [1.165, 1.54) is 18.6 Å². The lowest BCUT2D eigenvalue weighted by molar-refractivity contribution is 0.312. The summed E-state index contributed by atoms with van der Waals surface area (Å²) in [6.45, 7) is 5.25. The molecule has 0 aromatic carbocycles. The summed E-state index contributed by atoms with van der Waals surface area (Å²) in [7, 11) is 0. The lowest BCUT2D eigenvalue weighted by atomic mass is 10.2. The van der Waals surface area contributed by atoms with Crippen LogP contribution in [0.3, 0.4) is 0 Å². The van der Waals surface area contributed by atoms with Crippen molar-refractivity contribution in [1.82, 2.24) is 15.0 Å². The third kappa shape index (κ3) is 4.41. The van der Waals surface area contributed by atoms with Gasteiger partial charge < -0.3 is 15.4 Å². The Kier molecular flexibility index (Phi) is 5.50. The lowest BCUT2D eigenvalue weighted by Gasteiger charge is -2.22. The van der Waals surface area contributed by atoms with Crippen LogP contribution in [0.1, 0.15) is 26.7 Å². The van der Waals surface area contributed by atoms with Crippen LogP contribution in [0, 0.1) is 0 Å². The second kappa shape index (κ2) is 7.37. The smallest absolute Gasteiger partial charge is 0.323 e. The Morgan fingerprint density at radius 3 is 2.79 bits per heavy atom. The fourth-order valence-electron chi connectivity index (χ4n) is 1.89. The summed E-state index contributed by atoms with van der Waals surface area (Å²) < 4.78 is 5.38. The molecule has 1 unspecified atom stereocenters. The maximum absolute atomic E-state index is 5.38. The van der Waals surface area contributed by atoms with Crippen molar-refractivity contribution in [2.75, 3.05) is 35.3 Å². The van der Waals surface area contributed by atoms with E-state index < -0.39 is 0 Å². The number of nitrogens with one attached hydrogen (secondary N) is 2. The molecule has 1 fully saturated rings. The Bertz CT molecular complexity index is 373. The van der Waals surface area contributed by atoms with Gasteiger partial charge in [0.2, 0.25) is 11.9 Å². The third-order valence-electron chi connectivity index (χ3n) is 2.72. The van der Waals surface area contributed by atoms with E-state index in [4.69, 9.17) is 4.74 Å². The fourth-order valence-corrected chi connectivity index (χ4v) is 2.96. The molecule has 1 aliphatic heterocycles. The van der Waals surface area contributed by atoms with Gasteiger partial charge in [-0.05, 0) is 32.4 Å². The molecule has 0 aliphatic carbocycles. The van der Waals surface area contributed by atoms with E-state index in [0.717, 1.165) is 12.3 Å². The summed E-state index contributed by atoms with van der Waals surface area (Å²) >= 11 is 1.97. The molecule has 1 aromatic rings. The minimum absolute atomic E-state index is 0.374. The highest BCUT2D eigenvalue weighted by atomic mass is 32.2. The second-order valence-corrected chi connectivity index (χ2v) is 5.44. The van der Waals surface area contributed by atoms with Gasteiger partial charge in [0.05, 0.1) is 6.61 Å². The predicted octanol–water partition coefficient (Wildman–Crippen LogP) is 2.01. The highest BCUT2D eigenvalue weighted by Gasteiger charge is 2.16. The van der Waals surface area contributed by atoms with Gasteiger partial charge >= 0.3 is 6.01 Å². The van der Waals surface area contributed by atoms with Crippen molar-refractivity contribution in [3.05, 3.63) is 0 Å². The fraction of sp³-hybridized carbons (Fsp3) is 0.750. The number of hydrogen-bond donors (Lipinski definition) is 2. The molecular weight excluding hydrogens is 262 g/mol. The first-order valence-corrected chi connectivity index (χ1v) is 7.94. The maximum atomic E-state index is 5.38. The normalized spacial score (nSPS) is 18.9. The Morgan fingerprint density at radius 2 is 2.11 bits per heavy atom. The molecule has 1 aliphatic rings. The van der Waals surface area contributed by atoms with Gasteiger partial charge in [0.15, 0.2) is 0 Å². The van der Waals surface area contributed by atoms with Crippen molar-refractivity contribution in [2.24, 2.45) is 0 Å². The van der Waals surface area contributed by atoms with Gasteiger partial charge in [0.1, 0.15) is 0 Å². The van der Waals surface area contributed by atoms with E-state index in [2.05, 4.69) is 25.6 Å². The zero-order valence-electron chi connectivity index (χ0n) is 11.5. The molecule has 6 nitrogen and oxygen atoms in total. The van der Waals surface area contributed by atoms with E-state index in [1.807, 2.05) is 25.6 Å². The molecule has 2 heterocycles. The standard InChI is InChI=1S/C12H21N5OS/c1-3-13-10-15-11(17-12(16-10)18-4-2)14-9-6-5-7-19-8-9/h9H,3-8H2,1-2H3,(H2,13,14,15,16,17). The SMILES string of the molecule is CCNc1nc(NC2CCCSC2)nc(OCC)n1. The van der Waals surface area contributed by atoms with Crippen LogP contribution >= 0.6 is 11.8 Å². The van der Waals surface area contributed by atoms with Crippen LogP contribution in [0.4, 0.5) is 11.9 Å². The highest BCUT2D eigenvalue weighted by molar-refractivity contribution is 7.99. The molecule has 1 atom stereocenters. The predicted molar refractivity (Wildman–Crippen MR) is 79.1 cm³/mol. The molecule has 2 rings (SSSR count). The zero-order valence-corrected chi connectivity index (χ0v) is 12.3. The molecule has 0 radical (unpaired) electrons. The molecule has 0 spiro atoms. The van der Waals surface area contributed by atoms with E-state index in [9.17, 15) is 0 Å². The van der Waals surface area contributed by atoms with Crippen molar-refractivity contribution in [2.45, 2.75) is 32.7 Å². The van der Waals surface area contributed by atoms with E-state index >= 15 is 0 Å². The number of anilines is 2. The van der Waals surface area contributed by atoms with E-state index in [1.54, 1.807) is 0 Å². The van der Waals surface area contributed by atoms with Gasteiger partial charge in [-0.1, -0.05) is 0 Å². The van der Waals surface area contributed by atoms with Crippen molar-refractivity contribution in [3.63, 3.8) is 0 Å². The Hall–Kier alpha value is -1.24. The van der Waals surface area contributed by atoms with Crippen LogP contribution in [-0.2, 0) is 0 Å². The van der Waals surface area contributed by atoms with Crippen molar-refractivity contribution >= 4 is 23.7 Å². The van der Waals surface area contributed by atoms with E-state index in [-0.39, 0.29) is 0 Å². The van der Waals surface area contributed by atoms with Crippen molar-refractivity contribution in [3.8, 4) is 6.01 Å². The summed E-state index contributed by atoms with van der Waals surface area (Å²) in [5.41, 5.74) is 0. The first kappa shape index (κ1) is 14.2. The Labute approximate surface area is 118 Å². The minimum Gasteiger partial charge on any atom is -0.464 e.